The molecule has 1 amide bonds. The number of pyridine rings is 1. The first-order valence-electron chi connectivity index (χ1n) is 16.7. The van der Waals surface area contributed by atoms with Crippen LogP contribution in [0, 0.1) is 11.6 Å². The van der Waals surface area contributed by atoms with E-state index in [1.807, 2.05) is 12.1 Å². The normalized spacial score (nSPS) is 14.1. The van der Waals surface area contributed by atoms with Gasteiger partial charge < -0.3 is 14.5 Å². The van der Waals surface area contributed by atoms with E-state index in [-0.39, 0.29) is 34.4 Å². The van der Waals surface area contributed by atoms with Gasteiger partial charge in [0.15, 0.2) is 17.1 Å². The highest BCUT2D eigenvalue weighted by atomic mass is 32.2. The number of fused-ring (bicyclic) bond motifs is 1. The van der Waals surface area contributed by atoms with Crippen molar-refractivity contribution in [2.45, 2.75) is 42.4 Å². The van der Waals surface area contributed by atoms with E-state index < -0.39 is 29.5 Å². The topological polar surface area (TPSA) is 64.0 Å². The summed E-state index contributed by atoms with van der Waals surface area (Å²) >= 11 is 1.03. The molecule has 0 saturated carbocycles. The van der Waals surface area contributed by atoms with Gasteiger partial charge in [0.25, 0.3) is 0 Å². The van der Waals surface area contributed by atoms with Crippen LogP contribution in [-0.4, -0.2) is 60.0 Å². The quantitative estimate of drug-likeness (QED) is 0.100. The van der Waals surface area contributed by atoms with E-state index in [2.05, 4.69) is 4.90 Å². The van der Waals surface area contributed by atoms with Gasteiger partial charge in [0.1, 0.15) is 5.03 Å². The van der Waals surface area contributed by atoms with Crippen molar-refractivity contribution in [1.29, 1.82) is 0 Å². The molecule has 1 aliphatic heterocycles. The zero-order valence-corrected chi connectivity index (χ0v) is 29.1. The second-order valence-electron chi connectivity index (χ2n) is 12.5. The van der Waals surface area contributed by atoms with Crippen LogP contribution < -0.4 is 10.3 Å². The first-order chi connectivity index (χ1) is 25.0. The summed E-state index contributed by atoms with van der Waals surface area (Å²) in [5, 5.41) is 0.546. The molecule has 0 atom stereocenters. The van der Waals surface area contributed by atoms with Gasteiger partial charge in [-0.2, -0.15) is 17.9 Å². The summed E-state index contributed by atoms with van der Waals surface area (Å²) in [6.07, 6.45) is -3.78. The Morgan fingerprint density at radius 3 is 2.25 bits per heavy atom. The maximum Gasteiger partial charge on any atom is 0.435 e. The molecule has 0 bridgehead atoms. The number of hydrogen-bond acceptors (Lipinski definition) is 6. The number of para-hydroxylation sites is 1. The van der Waals surface area contributed by atoms with E-state index in [1.165, 1.54) is 35.1 Å². The Hall–Kier alpha value is -4.72. The molecule has 7 nitrogen and oxygen atoms in total. The SMILES string of the molecule is COCCN1CCC(N(Cc2ccc(-c3ccc(C(F)(F)F)cc3)cc2)C(=O)On2c(SCc3cccc(F)c3F)cc(=O)c3ccccc32)CC1. The summed E-state index contributed by atoms with van der Waals surface area (Å²) in [5.41, 5.74) is 1.48. The molecule has 1 saturated heterocycles. The zero-order chi connectivity index (χ0) is 36.8. The standard InChI is InChI=1S/C39H36F5N3O4S/c1-50-22-21-45-19-17-31(18-20-45)46(24-26-9-11-27(12-10-26)28-13-15-30(16-14-28)39(42,43)44)38(49)51-47-34-8-3-2-6-32(34)35(48)23-36(47)52-25-29-5-4-7-33(40)37(29)41/h2-16,23,31H,17-22,24-25H2,1H3. The number of hydrogen-bond donors (Lipinski definition) is 0. The molecule has 1 aromatic heterocycles. The Kier molecular flexibility index (Phi) is 11.6. The molecule has 1 fully saturated rings. The number of ether oxygens (including phenoxy) is 1. The van der Waals surface area contributed by atoms with Crippen molar-refractivity contribution in [1.82, 2.24) is 14.5 Å². The van der Waals surface area contributed by atoms with Crippen molar-refractivity contribution < 1.29 is 36.3 Å². The van der Waals surface area contributed by atoms with Gasteiger partial charge in [-0.25, -0.2) is 13.6 Å². The van der Waals surface area contributed by atoms with Crippen LogP contribution in [0.15, 0.2) is 107 Å². The Bertz CT molecular complexity index is 2060. The summed E-state index contributed by atoms with van der Waals surface area (Å²) in [6.45, 7) is 2.97. The van der Waals surface area contributed by atoms with Crippen molar-refractivity contribution in [3.8, 4) is 11.1 Å². The lowest BCUT2D eigenvalue weighted by Crippen LogP contribution is -2.49. The minimum absolute atomic E-state index is 0.0339. The van der Waals surface area contributed by atoms with Crippen LogP contribution in [0.4, 0.5) is 26.7 Å². The maximum atomic E-state index is 14.5. The maximum absolute atomic E-state index is 14.5. The molecule has 13 heteroatoms. The fourth-order valence-electron chi connectivity index (χ4n) is 6.23. The third-order valence-corrected chi connectivity index (χ3v) is 10.2. The molecule has 0 unspecified atom stereocenters. The van der Waals surface area contributed by atoms with Gasteiger partial charge in [0, 0.05) is 62.1 Å². The molecule has 0 aliphatic carbocycles. The number of alkyl halides is 3. The average molecular weight is 738 g/mol. The molecule has 2 heterocycles. The predicted molar refractivity (Wildman–Crippen MR) is 190 cm³/mol. The fraction of sp³-hybridized carbons (Fsp3) is 0.282. The van der Waals surface area contributed by atoms with Gasteiger partial charge >= 0.3 is 12.3 Å². The van der Waals surface area contributed by atoms with Crippen LogP contribution in [-0.2, 0) is 23.2 Å². The number of piperidine rings is 1. The molecule has 0 spiro atoms. The van der Waals surface area contributed by atoms with Gasteiger partial charge in [-0.1, -0.05) is 72.4 Å². The summed E-state index contributed by atoms with van der Waals surface area (Å²) < 4.78 is 74.3. The van der Waals surface area contributed by atoms with Gasteiger partial charge in [0.2, 0.25) is 0 Å². The number of rotatable bonds is 11. The van der Waals surface area contributed by atoms with Crippen LogP contribution in [0.2, 0.25) is 0 Å². The number of carbonyl (C=O) groups is 1. The summed E-state index contributed by atoms with van der Waals surface area (Å²) in [6, 6.07) is 23.8. The van der Waals surface area contributed by atoms with Crippen molar-refractivity contribution in [3.05, 3.63) is 136 Å². The number of halogens is 5. The minimum Gasteiger partial charge on any atom is -0.383 e. The van der Waals surface area contributed by atoms with E-state index in [1.54, 1.807) is 48.4 Å². The summed E-state index contributed by atoms with van der Waals surface area (Å²) in [7, 11) is 1.65. The molecule has 5 aromatic rings. The van der Waals surface area contributed by atoms with Crippen molar-refractivity contribution >= 4 is 28.8 Å². The van der Waals surface area contributed by atoms with E-state index in [9.17, 15) is 31.5 Å². The largest absolute Gasteiger partial charge is 0.435 e. The van der Waals surface area contributed by atoms with Crippen LogP contribution in [0.25, 0.3) is 22.0 Å². The van der Waals surface area contributed by atoms with E-state index in [0.29, 0.717) is 41.5 Å². The Morgan fingerprint density at radius 2 is 1.58 bits per heavy atom. The Labute approximate surface area is 301 Å². The van der Waals surface area contributed by atoms with Crippen molar-refractivity contribution in [2.75, 3.05) is 33.4 Å². The number of nitrogens with zero attached hydrogens (tertiary/aromatic N) is 3. The van der Waals surface area contributed by atoms with Crippen LogP contribution in [0.3, 0.4) is 0 Å². The molecular formula is C39H36F5N3O4S. The zero-order valence-electron chi connectivity index (χ0n) is 28.2. The number of amides is 1. The van der Waals surface area contributed by atoms with Gasteiger partial charge in [-0.3, -0.25) is 9.69 Å². The Morgan fingerprint density at radius 1 is 0.904 bits per heavy atom. The minimum atomic E-state index is -4.43. The highest BCUT2D eigenvalue weighted by Gasteiger charge is 2.31. The van der Waals surface area contributed by atoms with Gasteiger partial charge in [0.05, 0.1) is 17.7 Å². The van der Waals surface area contributed by atoms with E-state index in [0.717, 1.165) is 55.2 Å². The van der Waals surface area contributed by atoms with E-state index in [4.69, 9.17) is 9.57 Å². The molecule has 0 radical (unpaired) electrons. The fourth-order valence-corrected chi connectivity index (χ4v) is 7.20. The molecule has 4 aromatic carbocycles. The monoisotopic (exact) mass is 737 g/mol. The van der Waals surface area contributed by atoms with Gasteiger partial charge in [-0.15, -0.1) is 0 Å². The molecule has 1 aliphatic rings. The smallest absolute Gasteiger partial charge is 0.383 e. The molecule has 52 heavy (non-hydrogen) atoms. The molecule has 6 rings (SSSR count). The lowest BCUT2D eigenvalue weighted by atomic mass is 10.0. The van der Waals surface area contributed by atoms with Crippen LogP contribution in [0.1, 0.15) is 29.5 Å². The lowest BCUT2D eigenvalue weighted by molar-refractivity contribution is -0.137. The van der Waals surface area contributed by atoms with Crippen LogP contribution >= 0.6 is 11.8 Å². The van der Waals surface area contributed by atoms with Crippen molar-refractivity contribution in [3.63, 3.8) is 0 Å². The predicted octanol–water partition coefficient (Wildman–Crippen LogP) is 8.42. The van der Waals surface area contributed by atoms with E-state index >= 15 is 0 Å². The molecule has 0 N–H and O–H groups in total. The van der Waals surface area contributed by atoms with Gasteiger partial charge in [-0.05, 0) is 59.9 Å². The number of likely N-dealkylation sites (tertiary alicyclic amines) is 1. The number of methoxy groups -OCH3 is 1. The second kappa shape index (κ2) is 16.3. The molecular weight excluding hydrogens is 702 g/mol. The number of thioether (sulfide) groups is 1. The second-order valence-corrected chi connectivity index (χ2v) is 13.5. The van der Waals surface area contributed by atoms with Crippen molar-refractivity contribution in [2.24, 2.45) is 0 Å². The van der Waals surface area contributed by atoms with Crippen LogP contribution in [0.5, 0.6) is 0 Å². The number of aromatic nitrogens is 1. The average Bonchev–Trinajstić information content (AvgIpc) is 3.15. The first kappa shape index (κ1) is 37.1. The highest BCUT2D eigenvalue weighted by molar-refractivity contribution is 7.98. The third kappa shape index (κ3) is 8.66. The highest BCUT2D eigenvalue weighted by Crippen LogP contribution is 2.32. The summed E-state index contributed by atoms with van der Waals surface area (Å²) in [4.78, 5) is 37.4. The first-order valence-corrected chi connectivity index (χ1v) is 17.7. The number of carbonyl (C=O) groups excluding carboxylic acids is 1. The summed E-state index contributed by atoms with van der Waals surface area (Å²) in [5.74, 6) is -2.01. The lowest BCUT2D eigenvalue weighted by Gasteiger charge is -2.38. The third-order valence-electron chi connectivity index (χ3n) is 9.12. The number of benzene rings is 4. The molecule has 272 valence electrons. The Balaban J connectivity index is 1.28.